The van der Waals surface area contributed by atoms with E-state index in [2.05, 4.69) is 39.1 Å². The first-order valence-electron chi connectivity index (χ1n) is 7.82. The molecule has 0 aliphatic rings. The summed E-state index contributed by atoms with van der Waals surface area (Å²) in [5, 5.41) is 0. The second kappa shape index (κ2) is 6.80. The largest absolute Gasteiger partial charge is 0.461 e. The fourth-order valence-corrected chi connectivity index (χ4v) is 2.55. The van der Waals surface area contributed by atoms with Crippen LogP contribution in [0.2, 0.25) is 0 Å². The highest BCUT2D eigenvalue weighted by molar-refractivity contribution is 5.88. The lowest BCUT2D eigenvalue weighted by Crippen LogP contribution is -2.10. The summed E-state index contributed by atoms with van der Waals surface area (Å²) in [4.78, 5) is 22.6. The fourth-order valence-electron chi connectivity index (χ4n) is 2.55. The maximum Gasteiger partial charge on any atom is 0.357 e. The lowest BCUT2D eigenvalue weighted by molar-refractivity contribution is 0.0518. The number of carbonyl (C=O) groups excluding carboxylic acids is 1. The van der Waals surface area contributed by atoms with Gasteiger partial charge in [0.2, 0.25) is 5.78 Å². The molecular formula is C18H20N4O2. The molecule has 0 unspecified atom stereocenters. The highest BCUT2D eigenvalue weighted by atomic mass is 16.5. The molecule has 0 bridgehead atoms. The summed E-state index contributed by atoms with van der Waals surface area (Å²) in [6.07, 6.45) is 5.12. The summed E-state index contributed by atoms with van der Waals surface area (Å²) < 4.78 is 6.73. The third-order valence-corrected chi connectivity index (χ3v) is 3.64. The van der Waals surface area contributed by atoms with Crippen molar-refractivity contribution in [1.29, 1.82) is 0 Å². The maximum atomic E-state index is 12.0. The summed E-state index contributed by atoms with van der Waals surface area (Å²) in [5.74, 6) is 0.0799. The molecule has 0 radical (unpaired) electrons. The number of imidazole rings is 1. The highest BCUT2D eigenvalue weighted by Gasteiger charge is 2.14. The van der Waals surface area contributed by atoms with Crippen molar-refractivity contribution in [2.24, 2.45) is 0 Å². The molecule has 1 aromatic carbocycles. The van der Waals surface area contributed by atoms with Crippen LogP contribution in [0.25, 0.3) is 16.9 Å². The highest BCUT2D eigenvalue weighted by Crippen LogP contribution is 2.20. The van der Waals surface area contributed by atoms with Crippen LogP contribution in [0, 0.1) is 0 Å². The molecule has 3 rings (SSSR count). The van der Waals surface area contributed by atoms with Gasteiger partial charge in [-0.2, -0.15) is 0 Å². The van der Waals surface area contributed by atoms with Gasteiger partial charge in [0.25, 0.3) is 0 Å². The lowest BCUT2D eigenvalue weighted by atomic mass is 10.1. The number of esters is 1. The minimum absolute atomic E-state index is 0.326. The topological polar surface area (TPSA) is 59.7 Å². The Kier molecular flexibility index (Phi) is 4.57. The number of aromatic nitrogens is 3. The molecule has 6 nitrogen and oxygen atoms in total. The molecule has 124 valence electrons. The quantitative estimate of drug-likeness (QED) is 0.675. The van der Waals surface area contributed by atoms with Crippen molar-refractivity contribution in [2.75, 3.05) is 20.7 Å². The number of rotatable bonds is 5. The standard InChI is InChI=1S/C18H20N4O2/c1-4-24-17(23)16-10-20-18-19-9-15(12-22(16)18)14-7-5-13(6-8-14)11-21(2)3/h5-10,12H,4,11H2,1-3H3. The van der Waals surface area contributed by atoms with Crippen LogP contribution in [0.15, 0.2) is 42.9 Å². The molecule has 0 spiro atoms. The van der Waals surface area contributed by atoms with Gasteiger partial charge >= 0.3 is 5.97 Å². The minimum Gasteiger partial charge on any atom is -0.461 e. The van der Waals surface area contributed by atoms with Crippen LogP contribution in [-0.2, 0) is 11.3 Å². The van der Waals surface area contributed by atoms with E-state index in [-0.39, 0.29) is 0 Å². The van der Waals surface area contributed by atoms with Crippen LogP contribution in [0.3, 0.4) is 0 Å². The van der Waals surface area contributed by atoms with Crippen molar-refractivity contribution in [3.05, 3.63) is 54.1 Å². The van der Waals surface area contributed by atoms with Crippen molar-refractivity contribution in [3.8, 4) is 11.1 Å². The second-order valence-corrected chi connectivity index (χ2v) is 5.81. The maximum absolute atomic E-state index is 12.0. The first kappa shape index (κ1) is 16.1. The molecular weight excluding hydrogens is 304 g/mol. The van der Waals surface area contributed by atoms with Gasteiger partial charge in [-0.05, 0) is 32.1 Å². The van der Waals surface area contributed by atoms with Crippen molar-refractivity contribution in [3.63, 3.8) is 0 Å². The number of carbonyl (C=O) groups is 1. The minimum atomic E-state index is -0.398. The molecule has 0 aliphatic carbocycles. The van der Waals surface area contributed by atoms with E-state index in [9.17, 15) is 4.79 Å². The fraction of sp³-hybridized carbons (Fsp3) is 0.278. The van der Waals surface area contributed by atoms with E-state index in [1.54, 1.807) is 17.5 Å². The molecule has 0 saturated heterocycles. The monoisotopic (exact) mass is 324 g/mol. The van der Waals surface area contributed by atoms with E-state index in [4.69, 9.17) is 4.74 Å². The van der Waals surface area contributed by atoms with Crippen LogP contribution in [0.1, 0.15) is 23.0 Å². The molecule has 2 heterocycles. The molecule has 0 N–H and O–H groups in total. The van der Waals surface area contributed by atoms with E-state index in [1.807, 2.05) is 20.3 Å². The first-order valence-corrected chi connectivity index (χ1v) is 7.82. The van der Waals surface area contributed by atoms with Gasteiger partial charge in [0, 0.05) is 24.5 Å². The van der Waals surface area contributed by atoms with Gasteiger partial charge in [-0.25, -0.2) is 14.8 Å². The van der Waals surface area contributed by atoms with E-state index < -0.39 is 5.97 Å². The Bertz CT molecular complexity index is 853. The van der Waals surface area contributed by atoms with E-state index in [0.717, 1.165) is 17.7 Å². The van der Waals surface area contributed by atoms with Crippen molar-refractivity contribution >= 4 is 11.7 Å². The van der Waals surface area contributed by atoms with Crippen LogP contribution in [0.4, 0.5) is 0 Å². The number of hydrogen-bond acceptors (Lipinski definition) is 5. The van der Waals surface area contributed by atoms with Gasteiger partial charge in [0.05, 0.1) is 12.8 Å². The van der Waals surface area contributed by atoms with E-state index in [1.165, 1.54) is 11.8 Å². The Balaban J connectivity index is 1.95. The molecule has 0 aliphatic heterocycles. The normalized spacial score (nSPS) is 11.2. The number of hydrogen-bond donors (Lipinski definition) is 0. The van der Waals surface area contributed by atoms with Gasteiger partial charge in [-0.1, -0.05) is 24.3 Å². The molecule has 3 aromatic rings. The molecule has 0 amide bonds. The third kappa shape index (κ3) is 3.28. The van der Waals surface area contributed by atoms with Crippen molar-refractivity contribution in [1.82, 2.24) is 19.3 Å². The summed E-state index contributed by atoms with van der Waals surface area (Å²) in [6, 6.07) is 8.31. The zero-order chi connectivity index (χ0) is 17.1. The predicted molar refractivity (Wildman–Crippen MR) is 91.8 cm³/mol. The zero-order valence-corrected chi connectivity index (χ0v) is 14.1. The van der Waals surface area contributed by atoms with Gasteiger partial charge < -0.3 is 9.64 Å². The average molecular weight is 324 g/mol. The van der Waals surface area contributed by atoms with Crippen LogP contribution in [-0.4, -0.2) is 45.9 Å². The van der Waals surface area contributed by atoms with E-state index >= 15 is 0 Å². The number of fused-ring (bicyclic) bond motifs is 1. The van der Waals surface area contributed by atoms with Gasteiger partial charge in [0.15, 0.2) is 5.69 Å². The molecule has 0 atom stereocenters. The molecule has 24 heavy (non-hydrogen) atoms. The Morgan fingerprint density at radius 2 is 1.83 bits per heavy atom. The Morgan fingerprint density at radius 1 is 1.12 bits per heavy atom. The van der Waals surface area contributed by atoms with Crippen LogP contribution in [0.5, 0.6) is 0 Å². The zero-order valence-electron chi connectivity index (χ0n) is 14.1. The Hall–Kier alpha value is -2.73. The van der Waals surface area contributed by atoms with Crippen molar-refractivity contribution in [2.45, 2.75) is 13.5 Å². The molecule has 2 aromatic heterocycles. The predicted octanol–water partition coefficient (Wildman–Crippen LogP) is 2.63. The van der Waals surface area contributed by atoms with Crippen molar-refractivity contribution < 1.29 is 9.53 Å². The number of benzene rings is 1. The summed E-state index contributed by atoms with van der Waals surface area (Å²) in [6.45, 7) is 3.00. The van der Waals surface area contributed by atoms with Gasteiger partial charge in [0.1, 0.15) is 0 Å². The second-order valence-electron chi connectivity index (χ2n) is 5.81. The number of nitrogens with zero attached hydrogens (tertiary/aromatic N) is 4. The lowest BCUT2D eigenvalue weighted by Gasteiger charge is -2.10. The summed E-state index contributed by atoms with van der Waals surface area (Å²) in [5.41, 5.74) is 3.58. The summed E-state index contributed by atoms with van der Waals surface area (Å²) in [7, 11) is 4.09. The van der Waals surface area contributed by atoms with Gasteiger partial charge in [-0.3, -0.25) is 4.40 Å². The van der Waals surface area contributed by atoms with E-state index in [0.29, 0.717) is 18.1 Å². The molecule has 6 heteroatoms. The smallest absolute Gasteiger partial charge is 0.357 e. The van der Waals surface area contributed by atoms with Crippen LogP contribution < -0.4 is 0 Å². The average Bonchev–Trinajstić information content (AvgIpc) is 2.98. The summed E-state index contributed by atoms with van der Waals surface area (Å²) >= 11 is 0. The van der Waals surface area contributed by atoms with Crippen LogP contribution >= 0.6 is 0 Å². The molecule has 0 saturated carbocycles. The Labute approximate surface area is 140 Å². The number of ether oxygens (including phenoxy) is 1. The van der Waals surface area contributed by atoms with Gasteiger partial charge in [-0.15, -0.1) is 0 Å². The molecule has 0 fully saturated rings. The third-order valence-electron chi connectivity index (χ3n) is 3.64. The SMILES string of the molecule is CCOC(=O)c1cnc2ncc(-c3ccc(CN(C)C)cc3)cn12. The Morgan fingerprint density at radius 3 is 2.50 bits per heavy atom. The first-order chi connectivity index (χ1) is 11.6.